The lowest BCUT2D eigenvalue weighted by Gasteiger charge is -2.23. The molecule has 10 heteroatoms. The molecule has 3 rings (SSSR count). The number of nitrogens with zero attached hydrogens (tertiary/aromatic N) is 2. The van der Waals surface area contributed by atoms with Crippen molar-refractivity contribution in [2.75, 3.05) is 10.8 Å². The predicted molar refractivity (Wildman–Crippen MR) is 127 cm³/mol. The molecule has 160 valence electrons. The van der Waals surface area contributed by atoms with Gasteiger partial charge in [0, 0.05) is 20.1 Å². The lowest BCUT2D eigenvalue weighted by molar-refractivity contribution is -0.119. The second-order valence-corrected chi connectivity index (χ2v) is 9.85. The highest BCUT2D eigenvalue weighted by Crippen LogP contribution is 2.26. The zero-order valence-corrected chi connectivity index (χ0v) is 19.8. The van der Waals surface area contributed by atoms with Crippen molar-refractivity contribution < 1.29 is 13.2 Å². The third-order valence-electron chi connectivity index (χ3n) is 4.08. The fraction of sp³-hybridized carbons (Fsp3) is 0.0476. The van der Waals surface area contributed by atoms with E-state index in [1.165, 1.54) is 36.5 Å². The minimum atomic E-state index is -4.07. The Hall–Kier alpha value is -2.39. The molecule has 0 saturated carbocycles. The predicted octanol–water partition coefficient (Wildman–Crippen LogP) is 5.10. The topological polar surface area (TPSA) is 78.8 Å². The molecule has 0 aromatic heterocycles. The summed E-state index contributed by atoms with van der Waals surface area (Å²) >= 11 is 15.3. The van der Waals surface area contributed by atoms with Crippen molar-refractivity contribution >= 4 is 67.0 Å². The van der Waals surface area contributed by atoms with Gasteiger partial charge in [-0.15, -0.1) is 0 Å². The minimum Gasteiger partial charge on any atom is -0.271 e. The number of carbonyl (C=O) groups is 1. The van der Waals surface area contributed by atoms with Crippen molar-refractivity contribution in [2.24, 2.45) is 5.10 Å². The van der Waals surface area contributed by atoms with E-state index < -0.39 is 22.5 Å². The highest BCUT2D eigenvalue weighted by atomic mass is 79.9. The summed E-state index contributed by atoms with van der Waals surface area (Å²) in [5, 5.41) is 4.64. The van der Waals surface area contributed by atoms with Gasteiger partial charge in [-0.2, -0.15) is 5.10 Å². The van der Waals surface area contributed by atoms with Crippen LogP contribution in [0.5, 0.6) is 0 Å². The first-order valence-electron chi connectivity index (χ1n) is 8.88. The van der Waals surface area contributed by atoms with Gasteiger partial charge in [-0.25, -0.2) is 13.8 Å². The third-order valence-corrected chi connectivity index (χ3v) is 7.08. The number of benzene rings is 3. The Balaban J connectivity index is 1.86. The maximum atomic E-state index is 13.2. The van der Waals surface area contributed by atoms with Gasteiger partial charge < -0.3 is 0 Å². The van der Waals surface area contributed by atoms with Crippen LogP contribution in [0.25, 0.3) is 0 Å². The lowest BCUT2D eigenvalue weighted by atomic mass is 10.2. The summed E-state index contributed by atoms with van der Waals surface area (Å²) in [6, 6.07) is 19.2. The van der Waals surface area contributed by atoms with Crippen LogP contribution in [0.2, 0.25) is 10.0 Å². The van der Waals surface area contributed by atoms with Crippen molar-refractivity contribution in [1.29, 1.82) is 0 Å². The number of hydrogen-bond acceptors (Lipinski definition) is 4. The normalized spacial score (nSPS) is 11.5. The zero-order chi connectivity index (χ0) is 22.4. The quantitative estimate of drug-likeness (QED) is 0.334. The third kappa shape index (κ3) is 6.07. The van der Waals surface area contributed by atoms with E-state index >= 15 is 0 Å². The molecule has 0 radical (unpaired) electrons. The average Bonchev–Trinajstić information content (AvgIpc) is 2.73. The fourth-order valence-corrected chi connectivity index (χ4v) is 4.71. The molecule has 0 spiro atoms. The van der Waals surface area contributed by atoms with Crippen molar-refractivity contribution in [3.8, 4) is 0 Å². The molecule has 0 bridgehead atoms. The Morgan fingerprint density at radius 1 is 1.00 bits per heavy atom. The van der Waals surface area contributed by atoms with E-state index in [0.29, 0.717) is 10.0 Å². The average molecular weight is 541 g/mol. The Morgan fingerprint density at radius 3 is 2.39 bits per heavy atom. The number of nitrogens with one attached hydrogen (secondary N) is 1. The molecule has 0 unspecified atom stereocenters. The molecule has 31 heavy (non-hydrogen) atoms. The molecule has 3 aromatic carbocycles. The first-order chi connectivity index (χ1) is 14.8. The Bertz CT molecular complexity index is 1220. The number of anilines is 1. The summed E-state index contributed by atoms with van der Waals surface area (Å²) in [5.74, 6) is -0.624. The smallest absolute Gasteiger partial charge is 0.264 e. The monoisotopic (exact) mass is 539 g/mol. The SMILES string of the molecule is O=C(CN(c1cccc(Cl)c1)S(=O)(=O)c1ccc(Cl)cc1)N/N=C\c1ccccc1Br. The summed E-state index contributed by atoms with van der Waals surface area (Å²) in [6.45, 7) is -0.501. The second kappa shape index (κ2) is 10.3. The van der Waals surface area contributed by atoms with Gasteiger partial charge in [-0.05, 0) is 48.5 Å². The van der Waals surface area contributed by atoms with Gasteiger partial charge in [0.15, 0.2) is 0 Å². The van der Waals surface area contributed by atoms with Crippen LogP contribution in [0, 0.1) is 0 Å². The number of sulfonamides is 1. The molecule has 6 nitrogen and oxygen atoms in total. The molecule has 0 aliphatic rings. The van der Waals surface area contributed by atoms with Crippen molar-refractivity contribution in [3.05, 3.63) is 92.9 Å². The maximum Gasteiger partial charge on any atom is 0.264 e. The van der Waals surface area contributed by atoms with Gasteiger partial charge in [-0.3, -0.25) is 9.10 Å². The number of halogens is 3. The van der Waals surface area contributed by atoms with Gasteiger partial charge in [0.05, 0.1) is 16.8 Å². The zero-order valence-electron chi connectivity index (χ0n) is 15.9. The maximum absolute atomic E-state index is 13.2. The highest BCUT2D eigenvalue weighted by Gasteiger charge is 2.27. The Morgan fingerprint density at radius 2 is 1.71 bits per heavy atom. The van der Waals surface area contributed by atoms with E-state index in [1.807, 2.05) is 24.3 Å². The van der Waals surface area contributed by atoms with Gasteiger partial charge in [0.25, 0.3) is 15.9 Å². The summed E-state index contributed by atoms with van der Waals surface area (Å²) < 4.78 is 28.3. The van der Waals surface area contributed by atoms with Gasteiger partial charge in [-0.1, -0.05) is 63.4 Å². The van der Waals surface area contributed by atoms with Crippen LogP contribution < -0.4 is 9.73 Å². The van der Waals surface area contributed by atoms with Crippen LogP contribution in [0.4, 0.5) is 5.69 Å². The molecule has 1 N–H and O–H groups in total. The van der Waals surface area contributed by atoms with E-state index in [2.05, 4.69) is 26.5 Å². The number of carbonyl (C=O) groups excluding carboxylic acids is 1. The summed E-state index contributed by atoms with van der Waals surface area (Å²) in [6.07, 6.45) is 1.46. The molecule has 0 fully saturated rings. The number of amides is 1. The standard InChI is InChI=1S/C21H16BrCl2N3O3S/c22-20-7-2-1-4-15(20)13-25-26-21(28)14-27(18-6-3-5-17(24)12-18)31(29,30)19-10-8-16(23)9-11-19/h1-13H,14H2,(H,26,28)/b25-13-. The number of rotatable bonds is 7. The molecule has 0 saturated heterocycles. The van der Waals surface area contributed by atoms with Crippen LogP contribution in [-0.4, -0.2) is 27.1 Å². The molecular weight excluding hydrogens is 525 g/mol. The van der Waals surface area contributed by atoms with Crippen LogP contribution in [-0.2, 0) is 14.8 Å². The van der Waals surface area contributed by atoms with E-state index in [-0.39, 0.29) is 10.6 Å². The van der Waals surface area contributed by atoms with Crippen molar-refractivity contribution in [2.45, 2.75) is 4.90 Å². The fourth-order valence-electron chi connectivity index (χ4n) is 2.60. The first-order valence-corrected chi connectivity index (χ1v) is 11.9. The second-order valence-electron chi connectivity index (χ2n) is 6.26. The number of hydrogen-bond donors (Lipinski definition) is 1. The molecule has 0 heterocycles. The van der Waals surface area contributed by atoms with Crippen LogP contribution in [0.1, 0.15) is 5.56 Å². The van der Waals surface area contributed by atoms with Crippen molar-refractivity contribution in [1.82, 2.24) is 5.43 Å². The summed E-state index contributed by atoms with van der Waals surface area (Å²) in [7, 11) is -4.07. The van der Waals surface area contributed by atoms with Gasteiger partial charge >= 0.3 is 0 Å². The largest absolute Gasteiger partial charge is 0.271 e. The molecule has 3 aromatic rings. The molecule has 0 aliphatic carbocycles. The van der Waals surface area contributed by atoms with Gasteiger partial charge in [0.2, 0.25) is 0 Å². The minimum absolute atomic E-state index is 0.0126. The van der Waals surface area contributed by atoms with E-state index in [1.54, 1.807) is 18.2 Å². The summed E-state index contributed by atoms with van der Waals surface area (Å²) in [5.41, 5.74) is 3.35. The Kier molecular flexibility index (Phi) is 7.72. The van der Waals surface area contributed by atoms with Gasteiger partial charge in [0.1, 0.15) is 6.54 Å². The van der Waals surface area contributed by atoms with Crippen molar-refractivity contribution in [3.63, 3.8) is 0 Å². The van der Waals surface area contributed by atoms with Crippen LogP contribution in [0.15, 0.2) is 87.3 Å². The number of hydrazone groups is 1. The molecular formula is C21H16BrCl2N3O3S. The summed E-state index contributed by atoms with van der Waals surface area (Å²) in [4.78, 5) is 12.5. The van der Waals surface area contributed by atoms with Crippen LogP contribution >= 0.6 is 39.1 Å². The first kappa shape index (κ1) is 23.3. The van der Waals surface area contributed by atoms with Crippen LogP contribution in [0.3, 0.4) is 0 Å². The molecule has 0 atom stereocenters. The van der Waals surface area contributed by atoms with E-state index in [9.17, 15) is 13.2 Å². The highest BCUT2D eigenvalue weighted by molar-refractivity contribution is 9.10. The lowest BCUT2D eigenvalue weighted by Crippen LogP contribution is -2.39. The molecule has 0 aliphatic heterocycles. The molecule has 1 amide bonds. The Labute approximate surface area is 198 Å². The van der Waals surface area contributed by atoms with E-state index in [0.717, 1.165) is 14.3 Å². The van der Waals surface area contributed by atoms with E-state index in [4.69, 9.17) is 23.2 Å².